The monoisotopic (exact) mass is 186 g/mol. The van der Waals surface area contributed by atoms with Crippen LogP contribution >= 0.6 is 0 Å². The van der Waals surface area contributed by atoms with Crippen LogP contribution in [-0.2, 0) is 0 Å². The van der Waals surface area contributed by atoms with E-state index in [1.54, 1.807) is 0 Å². The summed E-state index contributed by atoms with van der Waals surface area (Å²) >= 11 is 0. The van der Waals surface area contributed by atoms with Gasteiger partial charge in [0.1, 0.15) is 0 Å². The summed E-state index contributed by atoms with van der Waals surface area (Å²) in [5, 5.41) is 3.56. The number of rotatable bonds is 7. The summed E-state index contributed by atoms with van der Waals surface area (Å²) in [4.78, 5) is 2.33. The first-order valence-electron chi connectivity index (χ1n) is 5.53. The summed E-state index contributed by atoms with van der Waals surface area (Å²) < 4.78 is 0. The van der Waals surface area contributed by atoms with Crippen molar-refractivity contribution in [2.75, 3.05) is 26.7 Å². The molecule has 13 heavy (non-hydrogen) atoms. The van der Waals surface area contributed by atoms with Gasteiger partial charge in [-0.25, -0.2) is 0 Å². The molecule has 2 heteroatoms. The SMILES string of the molecule is CCC(C)C(C)NCCN(C)CC. The summed E-state index contributed by atoms with van der Waals surface area (Å²) in [5.74, 6) is 0.784. The smallest absolute Gasteiger partial charge is 0.0104 e. The van der Waals surface area contributed by atoms with Crippen LogP contribution in [-0.4, -0.2) is 37.6 Å². The lowest BCUT2D eigenvalue weighted by atomic mass is 10.0. The van der Waals surface area contributed by atoms with Crippen LogP contribution < -0.4 is 5.32 Å². The molecule has 0 spiro atoms. The average molecular weight is 186 g/mol. The zero-order valence-corrected chi connectivity index (χ0v) is 9.93. The van der Waals surface area contributed by atoms with Crippen molar-refractivity contribution in [3.8, 4) is 0 Å². The van der Waals surface area contributed by atoms with Crippen molar-refractivity contribution in [2.45, 2.75) is 40.2 Å². The van der Waals surface area contributed by atoms with Gasteiger partial charge in [0.15, 0.2) is 0 Å². The van der Waals surface area contributed by atoms with E-state index >= 15 is 0 Å². The maximum Gasteiger partial charge on any atom is 0.0104 e. The highest BCUT2D eigenvalue weighted by molar-refractivity contribution is 4.67. The molecule has 0 heterocycles. The first kappa shape index (κ1) is 12.9. The molecule has 0 aromatic heterocycles. The maximum absolute atomic E-state index is 3.56. The zero-order valence-electron chi connectivity index (χ0n) is 9.93. The standard InChI is InChI=1S/C11H26N2/c1-6-10(3)11(4)12-8-9-13(5)7-2/h10-12H,6-9H2,1-5H3. The lowest BCUT2D eigenvalue weighted by Crippen LogP contribution is -2.37. The molecule has 0 aliphatic heterocycles. The van der Waals surface area contributed by atoms with E-state index in [-0.39, 0.29) is 0 Å². The van der Waals surface area contributed by atoms with Crippen molar-refractivity contribution in [1.29, 1.82) is 0 Å². The normalized spacial score (nSPS) is 16.2. The molecule has 0 aromatic rings. The summed E-state index contributed by atoms with van der Waals surface area (Å²) in [6.07, 6.45) is 1.26. The predicted octanol–water partition coefficient (Wildman–Crippen LogP) is 1.96. The van der Waals surface area contributed by atoms with Gasteiger partial charge < -0.3 is 10.2 Å². The van der Waals surface area contributed by atoms with Gasteiger partial charge in [-0.2, -0.15) is 0 Å². The van der Waals surface area contributed by atoms with Crippen LogP contribution in [0.1, 0.15) is 34.1 Å². The van der Waals surface area contributed by atoms with Gasteiger partial charge in [-0.1, -0.05) is 27.2 Å². The highest BCUT2D eigenvalue weighted by Crippen LogP contribution is 2.05. The van der Waals surface area contributed by atoms with E-state index in [4.69, 9.17) is 0 Å². The molecular weight excluding hydrogens is 160 g/mol. The van der Waals surface area contributed by atoms with Gasteiger partial charge in [0.2, 0.25) is 0 Å². The van der Waals surface area contributed by atoms with Crippen LogP contribution in [0.2, 0.25) is 0 Å². The van der Waals surface area contributed by atoms with E-state index < -0.39 is 0 Å². The Labute approximate surface area is 83.7 Å². The molecule has 2 atom stereocenters. The third-order valence-corrected chi connectivity index (χ3v) is 3.00. The molecule has 0 bridgehead atoms. The van der Waals surface area contributed by atoms with E-state index in [1.165, 1.54) is 6.42 Å². The van der Waals surface area contributed by atoms with Crippen LogP contribution in [0.5, 0.6) is 0 Å². The Balaban J connectivity index is 3.41. The second-order valence-corrected chi connectivity index (χ2v) is 4.02. The van der Waals surface area contributed by atoms with Gasteiger partial charge in [-0.05, 0) is 26.4 Å². The van der Waals surface area contributed by atoms with Crippen LogP contribution in [0.25, 0.3) is 0 Å². The summed E-state index contributed by atoms with van der Waals surface area (Å²) in [5.41, 5.74) is 0. The largest absolute Gasteiger partial charge is 0.313 e. The van der Waals surface area contributed by atoms with Crippen LogP contribution in [0.15, 0.2) is 0 Å². The van der Waals surface area contributed by atoms with Gasteiger partial charge >= 0.3 is 0 Å². The molecule has 0 fully saturated rings. The third kappa shape index (κ3) is 6.05. The second kappa shape index (κ2) is 7.34. The quantitative estimate of drug-likeness (QED) is 0.654. The number of hydrogen-bond donors (Lipinski definition) is 1. The minimum absolute atomic E-state index is 0.648. The van der Waals surface area contributed by atoms with E-state index in [0.29, 0.717) is 6.04 Å². The van der Waals surface area contributed by atoms with Crippen LogP contribution in [0.4, 0.5) is 0 Å². The number of nitrogens with one attached hydrogen (secondary N) is 1. The molecule has 1 N–H and O–H groups in total. The van der Waals surface area contributed by atoms with E-state index in [1.807, 2.05) is 0 Å². The molecule has 2 nitrogen and oxygen atoms in total. The summed E-state index contributed by atoms with van der Waals surface area (Å²) in [7, 11) is 2.16. The lowest BCUT2D eigenvalue weighted by molar-refractivity contribution is 0.321. The average Bonchev–Trinajstić information content (AvgIpc) is 2.15. The Morgan fingerprint density at radius 2 is 1.85 bits per heavy atom. The van der Waals surface area contributed by atoms with Crippen molar-refractivity contribution < 1.29 is 0 Å². The minimum Gasteiger partial charge on any atom is -0.313 e. The number of likely N-dealkylation sites (N-methyl/N-ethyl adjacent to an activating group) is 1. The van der Waals surface area contributed by atoms with Crippen molar-refractivity contribution in [3.63, 3.8) is 0 Å². The second-order valence-electron chi connectivity index (χ2n) is 4.02. The fourth-order valence-corrected chi connectivity index (χ4v) is 1.20. The lowest BCUT2D eigenvalue weighted by Gasteiger charge is -2.21. The maximum atomic E-state index is 3.56. The van der Waals surface area contributed by atoms with Gasteiger partial charge in [0.05, 0.1) is 0 Å². The Morgan fingerprint density at radius 3 is 2.31 bits per heavy atom. The van der Waals surface area contributed by atoms with E-state index in [9.17, 15) is 0 Å². The Morgan fingerprint density at radius 1 is 1.23 bits per heavy atom. The van der Waals surface area contributed by atoms with Gasteiger partial charge in [0.25, 0.3) is 0 Å². The third-order valence-electron chi connectivity index (χ3n) is 3.00. The number of hydrogen-bond acceptors (Lipinski definition) is 2. The Hall–Kier alpha value is -0.0800. The first-order chi connectivity index (χ1) is 6.11. The molecule has 0 saturated carbocycles. The van der Waals surface area contributed by atoms with Crippen LogP contribution in [0, 0.1) is 5.92 Å². The molecule has 0 radical (unpaired) electrons. The molecule has 0 aliphatic carbocycles. The van der Waals surface area contributed by atoms with Crippen molar-refractivity contribution in [2.24, 2.45) is 5.92 Å². The molecule has 2 unspecified atom stereocenters. The predicted molar refractivity (Wildman–Crippen MR) is 60.1 cm³/mol. The Bertz CT molecular complexity index is 115. The Kier molecular flexibility index (Phi) is 7.29. The van der Waals surface area contributed by atoms with Crippen molar-refractivity contribution in [1.82, 2.24) is 10.2 Å². The van der Waals surface area contributed by atoms with Gasteiger partial charge in [-0.15, -0.1) is 0 Å². The topological polar surface area (TPSA) is 15.3 Å². The van der Waals surface area contributed by atoms with Gasteiger partial charge in [-0.3, -0.25) is 0 Å². The highest BCUT2D eigenvalue weighted by atomic mass is 15.1. The van der Waals surface area contributed by atoms with E-state index in [2.05, 4.69) is 45.0 Å². The molecule has 0 rings (SSSR count). The zero-order chi connectivity index (χ0) is 10.3. The fraction of sp³-hybridized carbons (Fsp3) is 1.00. The molecule has 0 aliphatic rings. The molecule has 80 valence electrons. The number of nitrogens with zero attached hydrogens (tertiary/aromatic N) is 1. The van der Waals surface area contributed by atoms with E-state index in [0.717, 1.165) is 25.6 Å². The molecule has 0 amide bonds. The van der Waals surface area contributed by atoms with Crippen molar-refractivity contribution in [3.05, 3.63) is 0 Å². The molecular formula is C11H26N2. The fourth-order valence-electron chi connectivity index (χ4n) is 1.20. The molecule has 0 aromatic carbocycles. The highest BCUT2D eigenvalue weighted by Gasteiger charge is 2.08. The van der Waals surface area contributed by atoms with Crippen molar-refractivity contribution >= 4 is 0 Å². The van der Waals surface area contributed by atoms with Crippen LogP contribution in [0.3, 0.4) is 0 Å². The molecule has 0 saturated heterocycles. The summed E-state index contributed by atoms with van der Waals surface area (Å²) in [6.45, 7) is 12.4. The summed E-state index contributed by atoms with van der Waals surface area (Å²) in [6, 6.07) is 0.648. The van der Waals surface area contributed by atoms with Gasteiger partial charge in [0, 0.05) is 19.1 Å². The first-order valence-corrected chi connectivity index (χ1v) is 5.53. The minimum atomic E-state index is 0.648.